The van der Waals surface area contributed by atoms with E-state index in [0.717, 1.165) is 24.9 Å². The van der Waals surface area contributed by atoms with Crippen molar-refractivity contribution in [2.75, 3.05) is 20.3 Å². The number of hydrogen-bond acceptors (Lipinski definition) is 3. The molecule has 1 saturated carbocycles. The van der Waals surface area contributed by atoms with Crippen LogP contribution in [0.1, 0.15) is 43.7 Å². The van der Waals surface area contributed by atoms with Crippen LogP contribution >= 0.6 is 0 Å². The topological polar surface area (TPSA) is 43.3 Å². The first-order valence-corrected chi connectivity index (χ1v) is 7.22. The molecule has 0 aromatic carbocycles. The maximum atomic E-state index is 12.4. The molecule has 1 aromatic heterocycles. The minimum atomic E-state index is 0.166. The maximum Gasteiger partial charge on any atom is 0.255 e. The van der Waals surface area contributed by atoms with Crippen LogP contribution < -0.4 is 10.9 Å². The Kier molecular flexibility index (Phi) is 5.61. The lowest BCUT2D eigenvalue weighted by molar-refractivity contribution is 0.199. The van der Waals surface area contributed by atoms with E-state index in [9.17, 15) is 4.79 Å². The van der Waals surface area contributed by atoms with Gasteiger partial charge >= 0.3 is 0 Å². The zero-order valence-electron chi connectivity index (χ0n) is 11.7. The minimum absolute atomic E-state index is 0.166. The van der Waals surface area contributed by atoms with Crippen LogP contribution in [0.3, 0.4) is 0 Å². The van der Waals surface area contributed by atoms with Crippen molar-refractivity contribution in [2.24, 2.45) is 0 Å². The first-order chi connectivity index (χ1) is 9.33. The van der Waals surface area contributed by atoms with Gasteiger partial charge in [0.1, 0.15) is 0 Å². The molecule has 2 rings (SSSR count). The quantitative estimate of drug-likeness (QED) is 0.800. The molecule has 1 N–H and O–H groups in total. The number of nitrogens with zero attached hydrogens (tertiary/aromatic N) is 1. The van der Waals surface area contributed by atoms with Gasteiger partial charge in [0, 0.05) is 38.0 Å². The Morgan fingerprint density at radius 2 is 2.16 bits per heavy atom. The summed E-state index contributed by atoms with van der Waals surface area (Å²) >= 11 is 0. The molecule has 0 radical (unpaired) electrons. The summed E-state index contributed by atoms with van der Waals surface area (Å²) in [6, 6.07) is 4.31. The molecule has 1 aromatic rings. The van der Waals surface area contributed by atoms with E-state index in [1.807, 2.05) is 22.9 Å². The van der Waals surface area contributed by atoms with E-state index in [1.54, 1.807) is 7.11 Å². The standard InChI is InChI=1S/C15H24N2O2/c1-19-11-9-16-12-13-6-5-10-17(15(13)18)14-7-3-2-4-8-14/h5-6,10,14,16H,2-4,7-9,11-12H2,1H3. The smallest absolute Gasteiger partial charge is 0.255 e. The number of methoxy groups -OCH3 is 1. The van der Waals surface area contributed by atoms with Crippen LogP contribution in [0.25, 0.3) is 0 Å². The van der Waals surface area contributed by atoms with Crippen molar-refractivity contribution in [2.45, 2.75) is 44.7 Å². The Labute approximate surface area is 114 Å². The van der Waals surface area contributed by atoms with Gasteiger partial charge in [-0.15, -0.1) is 0 Å². The zero-order valence-corrected chi connectivity index (χ0v) is 11.7. The molecule has 0 atom stereocenters. The number of hydrogen-bond donors (Lipinski definition) is 1. The molecule has 1 aliphatic carbocycles. The third kappa shape index (κ3) is 3.91. The van der Waals surface area contributed by atoms with Gasteiger partial charge in [0.05, 0.1) is 6.61 Å². The van der Waals surface area contributed by atoms with Crippen molar-refractivity contribution in [1.82, 2.24) is 9.88 Å². The van der Waals surface area contributed by atoms with Gasteiger partial charge in [0.15, 0.2) is 0 Å². The predicted molar refractivity (Wildman–Crippen MR) is 76.4 cm³/mol. The summed E-state index contributed by atoms with van der Waals surface area (Å²) in [6.45, 7) is 2.06. The van der Waals surface area contributed by atoms with Gasteiger partial charge < -0.3 is 14.6 Å². The highest BCUT2D eigenvalue weighted by Gasteiger charge is 2.16. The Hall–Kier alpha value is -1.13. The van der Waals surface area contributed by atoms with Crippen LogP contribution in [0.2, 0.25) is 0 Å². The van der Waals surface area contributed by atoms with Crippen molar-refractivity contribution in [3.8, 4) is 0 Å². The van der Waals surface area contributed by atoms with E-state index in [1.165, 1.54) is 19.3 Å². The molecule has 1 fully saturated rings. The number of nitrogens with one attached hydrogen (secondary N) is 1. The number of aromatic nitrogens is 1. The molecule has 0 aliphatic heterocycles. The lowest BCUT2D eigenvalue weighted by atomic mass is 9.95. The average Bonchev–Trinajstić information content (AvgIpc) is 2.46. The molecule has 106 valence electrons. The number of pyridine rings is 1. The van der Waals surface area contributed by atoms with Crippen molar-refractivity contribution >= 4 is 0 Å². The normalized spacial score (nSPS) is 16.7. The Balaban J connectivity index is 2.02. The molecular formula is C15H24N2O2. The fraction of sp³-hybridized carbons (Fsp3) is 0.667. The molecule has 4 nitrogen and oxygen atoms in total. The molecule has 1 aliphatic rings. The Bertz CT molecular complexity index is 436. The molecule has 19 heavy (non-hydrogen) atoms. The molecule has 0 spiro atoms. The van der Waals surface area contributed by atoms with E-state index in [4.69, 9.17) is 4.74 Å². The summed E-state index contributed by atoms with van der Waals surface area (Å²) in [6.07, 6.45) is 8.02. The van der Waals surface area contributed by atoms with Gasteiger partial charge in [-0.1, -0.05) is 25.3 Å². The van der Waals surface area contributed by atoms with Crippen LogP contribution in [-0.4, -0.2) is 24.8 Å². The molecular weight excluding hydrogens is 240 g/mol. The monoisotopic (exact) mass is 264 g/mol. The van der Waals surface area contributed by atoms with Gasteiger partial charge in [0.25, 0.3) is 5.56 Å². The largest absolute Gasteiger partial charge is 0.383 e. The van der Waals surface area contributed by atoms with Crippen molar-refractivity contribution in [3.63, 3.8) is 0 Å². The Morgan fingerprint density at radius 3 is 2.89 bits per heavy atom. The van der Waals surface area contributed by atoms with Crippen LogP contribution in [0, 0.1) is 0 Å². The molecule has 0 unspecified atom stereocenters. The third-order valence-electron chi connectivity index (χ3n) is 3.82. The molecule has 0 amide bonds. The zero-order chi connectivity index (χ0) is 13.5. The second-order valence-corrected chi connectivity index (χ2v) is 5.21. The second kappa shape index (κ2) is 7.46. The molecule has 0 bridgehead atoms. The van der Waals surface area contributed by atoms with Crippen LogP contribution in [0.4, 0.5) is 0 Å². The van der Waals surface area contributed by atoms with Gasteiger partial charge in [-0.25, -0.2) is 0 Å². The van der Waals surface area contributed by atoms with E-state index >= 15 is 0 Å². The predicted octanol–water partition coefficient (Wildman–Crippen LogP) is 2.09. The van der Waals surface area contributed by atoms with Crippen LogP contribution in [0.15, 0.2) is 23.1 Å². The van der Waals surface area contributed by atoms with Gasteiger partial charge in [0.2, 0.25) is 0 Å². The third-order valence-corrected chi connectivity index (χ3v) is 3.82. The van der Waals surface area contributed by atoms with E-state index in [-0.39, 0.29) is 5.56 Å². The fourth-order valence-corrected chi connectivity index (χ4v) is 2.74. The number of rotatable bonds is 6. The lowest BCUT2D eigenvalue weighted by Gasteiger charge is -2.24. The molecule has 4 heteroatoms. The van der Waals surface area contributed by atoms with E-state index in [2.05, 4.69) is 5.32 Å². The van der Waals surface area contributed by atoms with Crippen molar-refractivity contribution in [3.05, 3.63) is 34.2 Å². The average molecular weight is 264 g/mol. The summed E-state index contributed by atoms with van der Waals surface area (Å²) < 4.78 is 6.92. The van der Waals surface area contributed by atoms with Crippen LogP contribution in [0.5, 0.6) is 0 Å². The second-order valence-electron chi connectivity index (χ2n) is 5.21. The Morgan fingerprint density at radius 1 is 1.37 bits per heavy atom. The SMILES string of the molecule is COCCNCc1cccn(C2CCCCC2)c1=O. The summed E-state index contributed by atoms with van der Waals surface area (Å²) in [4.78, 5) is 12.4. The highest BCUT2D eigenvalue weighted by Crippen LogP contribution is 2.26. The summed E-state index contributed by atoms with van der Waals surface area (Å²) in [5.74, 6) is 0. The van der Waals surface area contributed by atoms with E-state index < -0.39 is 0 Å². The van der Waals surface area contributed by atoms with Crippen molar-refractivity contribution < 1.29 is 4.74 Å². The van der Waals surface area contributed by atoms with E-state index in [0.29, 0.717) is 19.2 Å². The maximum absolute atomic E-state index is 12.4. The lowest BCUT2D eigenvalue weighted by Crippen LogP contribution is -2.31. The summed E-state index contributed by atoms with van der Waals surface area (Å²) in [7, 11) is 1.68. The van der Waals surface area contributed by atoms with Gasteiger partial charge in [-0.2, -0.15) is 0 Å². The van der Waals surface area contributed by atoms with Crippen molar-refractivity contribution in [1.29, 1.82) is 0 Å². The fourth-order valence-electron chi connectivity index (χ4n) is 2.74. The first-order valence-electron chi connectivity index (χ1n) is 7.22. The highest BCUT2D eigenvalue weighted by atomic mass is 16.5. The minimum Gasteiger partial charge on any atom is -0.383 e. The molecule has 1 heterocycles. The van der Waals surface area contributed by atoms with Gasteiger partial charge in [-0.3, -0.25) is 4.79 Å². The highest BCUT2D eigenvalue weighted by molar-refractivity contribution is 5.11. The van der Waals surface area contributed by atoms with Crippen LogP contribution in [-0.2, 0) is 11.3 Å². The first kappa shape index (κ1) is 14.3. The van der Waals surface area contributed by atoms with Gasteiger partial charge in [-0.05, 0) is 18.9 Å². The summed E-state index contributed by atoms with van der Waals surface area (Å²) in [5.41, 5.74) is 1.02. The summed E-state index contributed by atoms with van der Waals surface area (Å²) in [5, 5.41) is 3.24. The molecule has 0 saturated heterocycles. The number of ether oxygens (including phenoxy) is 1.